The molecule has 0 aliphatic heterocycles. The SMILES string of the molecule is COc1ccc(CNC(=O)C(C)OC(=O)c2cc(C3CC3)nc3onc(C)c23)cc1OC. The van der Waals surface area contributed by atoms with E-state index in [4.69, 9.17) is 18.7 Å². The first-order valence-corrected chi connectivity index (χ1v) is 10.4. The number of pyridine rings is 1. The Labute approximate surface area is 185 Å². The van der Waals surface area contributed by atoms with E-state index in [2.05, 4.69) is 15.5 Å². The molecule has 168 valence electrons. The van der Waals surface area contributed by atoms with Crippen molar-refractivity contribution in [3.8, 4) is 11.5 Å². The molecule has 1 N–H and O–H groups in total. The van der Waals surface area contributed by atoms with Crippen LogP contribution < -0.4 is 14.8 Å². The number of carbonyl (C=O) groups excluding carboxylic acids is 2. The molecule has 0 saturated heterocycles. The number of hydrogen-bond acceptors (Lipinski definition) is 8. The van der Waals surface area contributed by atoms with Crippen LogP contribution in [0, 0.1) is 6.92 Å². The van der Waals surface area contributed by atoms with Crippen molar-refractivity contribution in [1.82, 2.24) is 15.5 Å². The molecule has 9 heteroatoms. The predicted octanol–water partition coefficient (Wildman–Crippen LogP) is 3.29. The topological polar surface area (TPSA) is 113 Å². The van der Waals surface area contributed by atoms with Crippen molar-refractivity contribution in [2.75, 3.05) is 14.2 Å². The Morgan fingerprint density at radius 1 is 1.19 bits per heavy atom. The Morgan fingerprint density at radius 3 is 2.62 bits per heavy atom. The van der Waals surface area contributed by atoms with Crippen molar-refractivity contribution in [2.45, 2.75) is 45.3 Å². The van der Waals surface area contributed by atoms with E-state index in [9.17, 15) is 9.59 Å². The zero-order valence-corrected chi connectivity index (χ0v) is 18.4. The van der Waals surface area contributed by atoms with Crippen LogP contribution in [-0.2, 0) is 16.1 Å². The number of nitrogens with one attached hydrogen (secondary N) is 1. The van der Waals surface area contributed by atoms with Crippen LogP contribution in [0.2, 0.25) is 0 Å². The van der Waals surface area contributed by atoms with Crippen molar-refractivity contribution in [3.05, 3.63) is 46.8 Å². The van der Waals surface area contributed by atoms with Crippen molar-refractivity contribution in [1.29, 1.82) is 0 Å². The zero-order valence-electron chi connectivity index (χ0n) is 18.4. The highest BCUT2D eigenvalue weighted by Crippen LogP contribution is 2.40. The number of fused-ring (bicyclic) bond motifs is 1. The van der Waals surface area contributed by atoms with Crippen LogP contribution >= 0.6 is 0 Å². The van der Waals surface area contributed by atoms with Crippen molar-refractivity contribution in [2.24, 2.45) is 0 Å². The van der Waals surface area contributed by atoms with Gasteiger partial charge in [0, 0.05) is 18.2 Å². The first-order chi connectivity index (χ1) is 15.4. The number of benzene rings is 1. The number of ether oxygens (including phenoxy) is 3. The average Bonchev–Trinajstić information content (AvgIpc) is 3.59. The molecular formula is C23H25N3O6. The second-order valence-electron chi connectivity index (χ2n) is 7.77. The van der Waals surface area contributed by atoms with Crippen molar-refractivity contribution in [3.63, 3.8) is 0 Å². The van der Waals surface area contributed by atoms with Gasteiger partial charge in [-0.05, 0) is 50.5 Å². The third-order valence-electron chi connectivity index (χ3n) is 5.42. The van der Waals surface area contributed by atoms with Crippen LogP contribution in [0.3, 0.4) is 0 Å². The van der Waals surface area contributed by atoms with E-state index in [1.807, 2.05) is 6.07 Å². The van der Waals surface area contributed by atoms with E-state index >= 15 is 0 Å². The molecule has 1 amide bonds. The van der Waals surface area contributed by atoms with Crippen LogP contribution in [0.4, 0.5) is 0 Å². The summed E-state index contributed by atoms with van der Waals surface area (Å²) < 4.78 is 21.2. The molecule has 0 bridgehead atoms. The minimum atomic E-state index is -0.990. The summed E-state index contributed by atoms with van der Waals surface area (Å²) in [4.78, 5) is 29.9. The van der Waals surface area contributed by atoms with Gasteiger partial charge in [0.2, 0.25) is 0 Å². The predicted molar refractivity (Wildman–Crippen MR) is 115 cm³/mol. The summed E-state index contributed by atoms with van der Waals surface area (Å²) in [5, 5.41) is 7.20. The Morgan fingerprint density at radius 2 is 1.94 bits per heavy atom. The second-order valence-corrected chi connectivity index (χ2v) is 7.77. The number of aromatic nitrogens is 2. The zero-order chi connectivity index (χ0) is 22.8. The number of methoxy groups -OCH3 is 2. The average molecular weight is 439 g/mol. The summed E-state index contributed by atoms with van der Waals surface area (Å²) in [6.45, 7) is 3.51. The van der Waals surface area contributed by atoms with Gasteiger partial charge in [0.25, 0.3) is 11.6 Å². The Kier molecular flexibility index (Phi) is 5.98. The van der Waals surface area contributed by atoms with E-state index < -0.39 is 18.0 Å². The van der Waals surface area contributed by atoms with Crippen molar-refractivity contribution < 1.29 is 28.3 Å². The molecule has 1 fully saturated rings. The van der Waals surface area contributed by atoms with Gasteiger partial charge in [0.05, 0.1) is 30.9 Å². The molecule has 1 aliphatic carbocycles. The van der Waals surface area contributed by atoms with Gasteiger partial charge < -0.3 is 24.1 Å². The molecule has 2 aromatic heterocycles. The van der Waals surface area contributed by atoms with E-state index in [1.54, 1.807) is 39.3 Å². The molecule has 1 atom stereocenters. The normalized spacial score (nSPS) is 14.1. The van der Waals surface area contributed by atoms with Crippen LogP contribution in [0.1, 0.15) is 53.0 Å². The summed E-state index contributed by atoms with van der Waals surface area (Å²) in [6, 6.07) is 7.08. The third kappa shape index (κ3) is 4.37. The summed E-state index contributed by atoms with van der Waals surface area (Å²) >= 11 is 0. The summed E-state index contributed by atoms with van der Waals surface area (Å²) in [5.74, 6) is 0.458. The largest absolute Gasteiger partial charge is 0.493 e. The fourth-order valence-electron chi connectivity index (χ4n) is 3.46. The molecule has 3 aromatic rings. The van der Waals surface area contributed by atoms with E-state index in [0.29, 0.717) is 39.8 Å². The molecule has 4 rings (SSSR count). The summed E-state index contributed by atoms with van der Waals surface area (Å²) in [5.41, 5.74) is 2.78. The number of esters is 1. The van der Waals surface area contributed by atoms with Gasteiger partial charge in [-0.2, -0.15) is 0 Å². The van der Waals surface area contributed by atoms with Gasteiger partial charge in [0.15, 0.2) is 17.6 Å². The standard InChI is InChI=1S/C23H25N3O6/c1-12-20-16(10-17(15-6-7-15)25-22(20)32-26-12)23(28)31-13(2)21(27)24-11-14-5-8-18(29-3)19(9-14)30-4/h5,8-10,13,15H,6-7,11H2,1-4H3,(H,24,27). The lowest BCUT2D eigenvalue weighted by molar-refractivity contribution is -0.129. The highest BCUT2D eigenvalue weighted by Gasteiger charge is 2.30. The number of aryl methyl sites for hydroxylation is 1. The smallest absolute Gasteiger partial charge is 0.339 e. The Bertz CT molecular complexity index is 1170. The summed E-state index contributed by atoms with van der Waals surface area (Å²) in [6.07, 6.45) is 1.06. The molecule has 1 aliphatic rings. The third-order valence-corrected chi connectivity index (χ3v) is 5.42. The van der Waals surface area contributed by atoms with Gasteiger partial charge in [-0.25, -0.2) is 9.78 Å². The van der Waals surface area contributed by atoms with Gasteiger partial charge in [-0.15, -0.1) is 0 Å². The van der Waals surface area contributed by atoms with Gasteiger partial charge in [-0.3, -0.25) is 4.79 Å². The van der Waals surface area contributed by atoms with E-state index in [0.717, 1.165) is 24.1 Å². The maximum Gasteiger partial charge on any atom is 0.339 e. The lowest BCUT2D eigenvalue weighted by Crippen LogP contribution is -2.35. The minimum Gasteiger partial charge on any atom is -0.493 e. The fraction of sp³-hybridized carbons (Fsp3) is 0.391. The second kappa shape index (κ2) is 8.86. The minimum absolute atomic E-state index is 0.247. The monoisotopic (exact) mass is 439 g/mol. The molecule has 2 heterocycles. The lowest BCUT2D eigenvalue weighted by atomic mass is 10.1. The number of rotatable bonds is 8. The molecule has 0 radical (unpaired) electrons. The van der Waals surface area contributed by atoms with E-state index in [1.165, 1.54) is 6.92 Å². The molecule has 0 spiro atoms. The van der Waals surface area contributed by atoms with Gasteiger partial charge >= 0.3 is 5.97 Å². The maximum atomic E-state index is 12.9. The highest BCUT2D eigenvalue weighted by molar-refractivity contribution is 6.04. The summed E-state index contributed by atoms with van der Waals surface area (Å²) in [7, 11) is 3.10. The van der Waals surface area contributed by atoms with Gasteiger partial charge in [0.1, 0.15) is 0 Å². The molecular weight excluding hydrogens is 414 g/mol. The Hall–Kier alpha value is -3.62. The first-order valence-electron chi connectivity index (χ1n) is 10.4. The molecule has 9 nitrogen and oxygen atoms in total. The van der Waals surface area contributed by atoms with Crippen molar-refractivity contribution >= 4 is 23.0 Å². The molecule has 32 heavy (non-hydrogen) atoms. The fourth-order valence-corrected chi connectivity index (χ4v) is 3.46. The molecule has 1 unspecified atom stereocenters. The quantitative estimate of drug-likeness (QED) is 0.532. The number of amides is 1. The Balaban J connectivity index is 1.44. The molecule has 1 saturated carbocycles. The van der Waals surface area contributed by atoms with Crippen LogP contribution in [0.25, 0.3) is 11.1 Å². The lowest BCUT2D eigenvalue weighted by Gasteiger charge is -2.15. The van der Waals surface area contributed by atoms with Crippen LogP contribution in [0.15, 0.2) is 28.8 Å². The van der Waals surface area contributed by atoms with Crippen LogP contribution in [0.5, 0.6) is 11.5 Å². The number of carbonyl (C=O) groups is 2. The highest BCUT2D eigenvalue weighted by atomic mass is 16.5. The van der Waals surface area contributed by atoms with E-state index in [-0.39, 0.29) is 6.54 Å². The van der Waals surface area contributed by atoms with Gasteiger partial charge in [-0.1, -0.05) is 11.2 Å². The number of nitrogens with zero attached hydrogens (tertiary/aromatic N) is 2. The first kappa shape index (κ1) is 21.6. The van der Waals surface area contributed by atoms with Crippen LogP contribution in [-0.4, -0.2) is 42.3 Å². The maximum absolute atomic E-state index is 12.9. The molecule has 1 aromatic carbocycles. The number of hydrogen-bond donors (Lipinski definition) is 1.